The molecule has 7 nitrogen and oxygen atoms in total. The zero-order valence-electron chi connectivity index (χ0n) is 16.0. The van der Waals surface area contributed by atoms with E-state index >= 15 is 0 Å². The van der Waals surface area contributed by atoms with E-state index in [-0.39, 0.29) is 17.5 Å². The van der Waals surface area contributed by atoms with Crippen molar-refractivity contribution in [1.82, 2.24) is 5.01 Å². The van der Waals surface area contributed by atoms with Gasteiger partial charge in [0, 0.05) is 30.3 Å². The molecule has 1 atom stereocenters. The largest absolute Gasteiger partial charge is 0.497 e. The lowest BCUT2D eigenvalue weighted by atomic mass is 9.97. The first-order valence-electron chi connectivity index (χ1n) is 8.83. The van der Waals surface area contributed by atoms with Gasteiger partial charge in [-0.2, -0.15) is 5.10 Å². The summed E-state index contributed by atoms with van der Waals surface area (Å²) in [6, 6.07) is 13.9. The van der Waals surface area contributed by atoms with Crippen LogP contribution in [-0.2, 0) is 4.79 Å². The van der Waals surface area contributed by atoms with Crippen LogP contribution in [0, 0.1) is 10.1 Å². The molecule has 7 heteroatoms. The van der Waals surface area contributed by atoms with Crippen LogP contribution >= 0.6 is 0 Å². The average Bonchev–Trinajstić information content (AvgIpc) is 3.13. The number of carbonyl (C=O) groups excluding carboxylic acids is 1. The fourth-order valence-corrected chi connectivity index (χ4v) is 3.26. The highest BCUT2D eigenvalue weighted by Gasteiger charge is 2.30. The van der Waals surface area contributed by atoms with E-state index in [0.717, 1.165) is 22.6 Å². The summed E-state index contributed by atoms with van der Waals surface area (Å²) in [7, 11) is 1.61. The molecule has 2 aromatic rings. The fourth-order valence-electron chi connectivity index (χ4n) is 3.26. The van der Waals surface area contributed by atoms with Gasteiger partial charge in [0.1, 0.15) is 5.75 Å². The highest BCUT2D eigenvalue weighted by molar-refractivity contribution is 6.02. The van der Waals surface area contributed by atoms with Crippen LogP contribution in [0.5, 0.6) is 5.75 Å². The van der Waals surface area contributed by atoms with E-state index in [0.29, 0.717) is 12.1 Å². The Hall–Kier alpha value is -3.48. The van der Waals surface area contributed by atoms with Crippen molar-refractivity contribution in [2.75, 3.05) is 7.11 Å². The van der Waals surface area contributed by atoms with Gasteiger partial charge in [0.05, 0.1) is 23.8 Å². The lowest BCUT2D eigenvalue weighted by molar-refractivity contribution is -0.384. The number of hydrogen-bond acceptors (Lipinski definition) is 6. The van der Waals surface area contributed by atoms with Gasteiger partial charge in [-0.1, -0.05) is 12.1 Å². The van der Waals surface area contributed by atoms with Crippen molar-refractivity contribution in [3.8, 4) is 5.75 Å². The Morgan fingerprint density at radius 3 is 2.57 bits per heavy atom. The summed E-state index contributed by atoms with van der Waals surface area (Å²) in [5, 5.41) is 17.7. The van der Waals surface area contributed by atoms with E-state index < -0.39 is 4.92 Å². The number of allylic oxidation sites excluding steroid dienone is 2. The molecule has 0 saturated heterocycles. The maximum atomic E-state index is 11.6. The van der Waals surface area contributed by atoms with Crippen molar-refractivity contribution in [2.45, 2.75) is 26.3 Å². The predicted molar refractivity (Wildman–Crippen MR) is 106 cm³/mol. The Balaban J connectivity index is 2.00. The fraction of sp³-hybridized carbons (Fsp3) is 0.238. The van der Waals surface area contributed by atoms with Crippen molar-refractivity contribution in [2.24, 2.45) is 5.10 Å². The molecule has 144 valence electrons. The Bertz CT molecular complexity index is 964. The number of nitro groups is 1. The highest BCUT2D eigenvalue weighted by atomic mass is 16.6. The molecule has 2 aromatic carbocycles. The van der Waals surface area contributed by atoms with E-state index in [1.165, 1.54) is 19.1 Å². The number of ether oxygens (including phenoxy) is 1. The van der Waals surface area contributed by atoms with E-state index in [4.69, 9.17) is 9.84 Å². The summed E-state index contributed by atoms with van der Waals surface area (Å²) in [6.07, 6.45) is 2.08. The second kappa shape index (κ2) is 8.04. The third-order valence-electron chi connectivity index (χ3n) is 4.57. The van der Waals surface area contributed by atoms with Crippen LogP contribution in [0.2, 0.25) is 0 Å². The molecule has 1 unspecified atom stereocenters. The van der Waals surface area contributed by atoms with Crippen LogP contribution < -0.4 is 4.74 Å². The standard InChI is InChI=1S/C21H21N3O4/c1-14(11-15(2)25)23-21(17-5-4-6-18(12-17)24(26)27)13-20(22-23)16-7-9-19(28-3)10-8-16/h4-12,21H,13H2,1-3H3/b14-11+. The van der Waals surface area contributed by atoms with Crippen LogP contribution in [0.15, 0.2) is 65.4 Å². The highest BCUT2D eigenvalue weighted by Crippen LogP contribution is 2.36. The van der Waals surface area contributed by atoms with Gasteiger partial charge >= 0.3 is 0 Å². The molecule has 0 amide bonds. The molecule has 1 aliphatic rings. The topological polar surface area (TPSA) is 85.0 Å². The molecular weight excluding hydrogens is 358 g/mol. The van der Waals surface area contributed by atoms with Gasteiger partial charge in [-0.3, -0.25) is 19.9 Å². The molecule has 0 bridgehead atoms. The van der Waals surface area contributed by atoms with Gasteiger partial charge in [0.2, 0.25) is 0 Å². The monoisotopic (exact) mass is 379 g/mol. The number of benzene rings is 2. The summed E-state index contributed by atoms with van der Waals surface area (Å²) in [5.74, 6) is 0.672. The maximum absolute atomic E-state index is 11.6. The number of nitro benzene ring substituents is 1. The molecule has 0 fully saturated rings. The molecule has 3 rings (SSSR count). The molecule has 1 heterocycles. The first-order chi connectivity index (χ1) is 13.4. The minimum absolute atomic E-state index is 0.0311. The molecule has 28 heavy (non-hydrogen) atoms. The normalized spacial score (nSPS) is 16.7. The van der Waals surface area contributed by atoms with Crippen molar-refractivity contribution < 1.29 is 14.5 Å². The summed E-state index contributed by atoms with van der Waals surface area (Å²) in [5.41, 5.74) is 3.28. The number of non-ortho nitro benzene ring substituents is 1. The van der Waals surface area contributed by atoms with E-state index in [1.807, 2.05) is 37.3 Å². The van der Waals surface area contributed by atoms with Crippen molar-refractivity contribution in [1.29, 1.82) is 0 Å². The SMILES string of the molecule is COc1ccc(C2=NN(/C(C)=C/C(C)=O)C(c3cccc([N+](=O)[O-])c3)C2)cc1. The first-order valence-corrected chi connectivity index (χ1v) is 8.83. The third-order valence-corrected chi connectivity index (χ3v) is 4.57. The molecular formula is C21H21N3O4. The first kappa shape index (κ1) is 19.3. The molecule has 1 aliphatic heterocycles. The molecule has 0 radical (unpaired) electrons. The van der Waals surface area contributed by atoms with Gasteiger partial charge in [0.25, 0.3) is 5.69 Å². The molecule has 0 spiro atoms. The predicted octanol–water partition coefficient (Wildman–Crippen LogP) is 4.25. The van der Waals surface area contributed by atoms with Crippen LogP contribution in [-0.4, -0.2) is 28.5 Å². The minimum Gasteiger partial charge on any atom is -0.497 e. The summed E-state index contributed by atoms with van der Waals surface area (Å²) in [6.45, 7) is 3.29. The number of methoxy groups -OCH3 is 1. The van der Waals surface area contributed by atoms with Gasteiger partial charge < -0.3 is 4.74 Å². The number of hydrogen-bond donors (Lipinski definition) is 0. The van der Waals surface area contributed by atoms with Crippen LogP contribution in [0.3, 0.4) is 0 Å². The second-order valence-electron chi connectivity index (χ2n) is 6.59. The van der Waals surface area contributed by atoms with E-state index in [9.17, 15) is 14.9 Å². The summed E-state index contributed by atoms with van der Waals surface area (Å²) in [4.78, 5) is 22.3. The Kier molecular flexibility index (Phi) is 5.54. The van der Waals surface area contributed by atoms with Gasteiger partial charge in [-0.05, 0) is 49.2 Å². The second-order valence-corrected chi connectivity index (χ2v) is 6.59. The molecule has 0 aromatic heterocycles. The van der Waals surface area contributed by atoms with Gasteiger partial charge in [0.15, 0.2) is 5.78 Å². The Labute approximate surface area is 163 Å². The Morgan fingerprint density at radius 2 is 1.96 bits per heavy atom. The number of carbonyl (C=O) groups is 1. The summed E-state index contributed by atoms with van der Waals surface area (Å²) >= 11 is 0. The average molecular weight is 379 g/mol. The van der Waals surface area contributed by atoms with E-state index in [2.05, 4.69) is 0 Å². The third kappa shape index (κ3) is 4.09. The van der Waals surface area contributed by atoms with E-state index in [1.54, 1.807) is 24.3 Å². The zero-order chi connectivity index (χ0) is 20.3. The summed E-state index contributed by atoms with van der Waals surface area (Å²) < 4.78 is 5.20. The van der Waals surface area contributed by atoms with Crippen molar-refractivity contribution in [3.63, 3.8) is 0 Å². The minimum atomic E-state index is -0.410. The lowest BCUT2D eigenvalue weighted by Crippen LogP contribution is -2.18. The van der Waals surface area contributed by atoms with Crippen LogP contribution in [0.4, 0.5) is 5.69 Å². The molecule has 0 aliphatic carbocycles. The molecule has 0 N–H and O–H groups in total. The van der Waals surface area contributed by atoms with Gasteiger partial charge in [-0.25, -0.2) is 0 Å². The number of nitrogens with zero attached hydrogens (tertiary/aromatic N) is 3. The number of hydrazone groups is 1. The molecule has 0 saturated carbocycles. The van der Waals surface area contributed by atoms with Gasteiger partial charge in [-0.15, -0.1) is 0 Å². The van der Waals surface area contributed by atoms with Crippen molar-refractivity contribution >= 4 is 17.2 Å². The number of rotatable bonds is 6. The Morgan fingerprint density at radius 1 is 1.25 bits per heavy atom. The smallest absolute Gasteiger partial charge is 0.269 e. The van der Waals surface area contributed by atoms with Crippen LogP contribution in [0.1, 0.15) is 37.4 Å². The quantitative estimate of drug-likeness (QED) is 0.426. The van der Waals surface area contributed by atoms with Crippen molar-refractivity contribution in [3.05, 3.63) is 81.5 Å². The maximum Gasteiger partial charge on any atom is 0.269 e. The lowest BCUT2D eigenvalue weighted by Gasteiger charge is -2.24. The number of ketones is 1. The van der Waals surface area contributed by atoms with Crippen LogP contribution in [0.25, 0.3) is 0 Å². The zero-order valence-corrected chi connectivity index (χ0v) is 16.0.